The van der Waals surface area contributed by atoms with Gasteiger partial charge in [0.2, 0.25) is 5.95 Å². The van der Waals surface area contributed by atoms with Crippen LogP contribution in [-0.4, -0.2) is 57.4 Å². The Kier molecular flexibility index (Phi) is 6.50. The Morgan fingerprint density at radius 3 is 2.79 bits per heavy atom. The van der Waals surface area contributed by atoms with Gasteiger partial charge in [-0.15, -0.1) is 0 Å². The van der Waals surface area contributed by atoms with Crippen molar-refractivity contribution in [2.24, 2.45) is 0 Å². The van der Waals surface area contributed by atoms with Gasteiger partial charge in [-0.1, -0.05) is 0 Å². The van der Waals surface area contributed by atoms with Crippen LogP contribution in [0.2, 0.25) is 0 Å². The quantitative estimate of drug-likeness (QED) is 0.415. The number of ether oxygens (including phenoxy) is 1. The standard InChI is InChI=1S/C18H23N7OS2/c27-17(21-12-13-5-3-10-26-13)24-16-22-14(25-8-1-2-9-25)11-15(23-16)28-18-19-6-4-7-20-18/h4,6-7,11,13H,1-3,5,8-10,12H2,(H2,21,22,23,24,27)/t13-/m0/s1. The zero-order valence-electron chi connectivity index (χ0n) is 15.5. The average molecular weight is 418 g/mol. The second-order valence-corrected chi connectivity index (χ2v) is 8.08. The van der Waals surface area contributed by atoms with Crippen LogP contribution in [0, 0.1) is 0 Å². The van der Waals surface area contributed by atoms with Gasteiger partial charge in [-0.3, -0.25) is 0 Å². The van der Waals surface area contributed by atoms with Crippen LogP contribution in [0.3, 0.4) is 0 Å². The van der Waals surface area contributed by atoms with Crippen molar-refractivity contribution >= 4 is 40.9 Å². The average Bonchev–Trinajstić information content (AvgIpc) is 3.41. The normalized spacial score (nSPS) is 19.0. The summed E-state index contributed by atoms with van der Waals surface area (Å²) < 4.78 is 5.62. The van der Waals surface area contributed by atoms with Crippen molar-refractivity contribution in [1.82, 2.24) is 25.3 Å². The molecular weight excluding hydrogens is 394 g/mol. The van der Waals surface area contributed by atoms with E-state index in [2.05, 4.69) is 35.5 Å². The molecule has 2 saturated heterocycles. The molecule has 0 spiro atoms. The highest BCUT2D eigenvalue weighted by atomic mass is 32.2. The third-order valence-electron chi connectivity index (χ3n) is 4.60. The summed E-state index contributed by atoms with van der Waals surface area (Å²) in [6, 6.07) is 3.78. The van der Waals surface area contributed by atoms with E-state index >= 15 is 0 Å². The van der Waals surface area contributed by atoms with Crippen molar-refractivity contribution in [3.63, 3.8) is 0 Å². The lowest BCUT2D eigenvalue weighted by atomic mass is 10.2. The SMILES string of the molecule is S=C(NC[C@@H]1CCCO1)Nc1nc(Sc2ncccn2)cc(N2CCCC2)n1. The van der Waals surface area contributed by atoms with E-state index in [0.29, 0.717) is 22.8 Å². The molecule has 4 heterocycles. The van der Waals surface area contributed by atoms with E-state index < -0.39 is 0 Å². The fourth-order valence-corrected chi connectivity index (χ4v) is 4.10. The Labute approximate surface area is 173 Å². The van der Waals surface area contributed by atoms with Crippen LogP contribution in [0.4, 0.5) is 11.8 Å². The van der Waals surface area contributed by atoms with E-state index in [1.54, 1.807) is 18.5 Å². The van der Waals surface area contributed by atoms with Crippen molar-refractivity contribution in [3.8, 4) is 0 Å². The first-order chi connectivity index (χ1) is 13.8. The highest BCUT2D eigenvalue weighted by Gasteiger charge is 2.18. The van der Waals surface area contributed by atoms with Crippen LogP contribution in [0.1, 0.15) is 25.7 Å². The van der Waals surface area contributed by atoms with E-state index in [4.69, 9.17) is 17.0 Å². The van der Waals surface area contributed by atoms with Crippen molar-refractivity contribution in [2.45, 2.75) is 42.0 Å². The minimum absolute atomic E-state index is 0.220. The van der Waals surface area contributed by atoms with Gasteiger partial charge >= 0.3 is 0 Å². The first-order valence-corrected chi connectivity index (χ1v) is 10.7. The second-order valence-electron chi connectivity index (χ2n) is 6.69. The van der Waals surface area contributed by atoms with Gasteiger partial charge in [-0.05, 0) is 55.7 Å². The maximum atomic E-state index is 5.62. The molecule has 0 saturated carbocycles. The Bertz CT molecular complexity index is 796. The van der Waals surface area contributed by atoms with Gasteiger partial charge in [0.25, 0.3) is 0 Å². The molecule has 2 aromatic rings. The molecule has 0 bridgehead atoms. The minimum Gasteiger partial charge on any atom is -0.376 e. The van der Waals surface area contributed by atoms with Gasteiger partial charge < -0.3 is 20.3 Å². The van der Waals surface area contributed by atoms with E-state index in [1.165, 1.54) is 24.6 Å². The largest absolute Gasteiger partial charge is 0.376 e. The number of hydrogen-bond acceptors (Lipinski definition) is 8. The minimum atomic E-state index is 0.220. The van der Waals surface area contributed by atoms with Crippen molar-refractivity contribution in [1.29, 1.82) is 0 Å². The van der Waals surface area contributed by atoms with Crippen LogP contribution >= 0.6 is 24.0 Å². The van der Waals surface area contributed by atoms with Gasteiger partial charge in [-0.25, -0.2) is 15.0 Å². The lowest BCUT2D eigenvalue weighted by molar-refractivity contribution is 0.114. The summed E-state index contributed by atoms with van der Waals surface area (Å²) in [4.78, 5) is 20.1. The Morgan fingerprint density at radius 1 is 1.21 bits per heavy atom. The fraction of sp³-hybridized carbons (Fsp3) is 0.500. The lowest BCUT2D eigenvalue weighted by Crippen LogP contribution is -2.35. The third kappa shape index (κ3) is 5.27. The summed E-state index contributed by atoms with van der Waals surface area (Å²) in [5.41, 5.74) is 0. The molecule has 0 amide bonds. The summed E-state index contributed by atoms with van der Waals surface area (Å²) in [6.45, 7) is 3.53. The monoisotopic (exact) mass is 417 g/mol. The Hall–Kier alpha value is -2.04. The molecule has 2 aliphatic rings. The highest BCUT2D eigenvalue weighted by Crippen LogP contribution is 2.28. The molecule has 8 nitrogen and oxygen atoms in total. The van der Waals surface area contributed by atoms with E-state index in [0.717, 1.165) is 43.4 Å². The molecular formula is C18H23N7OS2. The molecule has 4 rings (SSSR count). The van der Waals surface area contributed by atoms with Crippen molar-refractivity contribution in [2.75, 3.05) is 36.5 Å². The molecule has 0 aromatic carbocycles. The topological polar surface area (TPSA) is 88.1 Å². The Balaban J connectivity index is 1.47. The van der Waals surface area contributed by atoms with Crippen molar-refractivity contribution in [3.05, 3.63) is 24.5 Å². The van der Waals surface area contributed by atoms with Crippen LogP contribution in [0.25, 0.3) is 0 Å². The molecule has 2 aromatic heterocycles. The smallest absolute Gasteiger partial charge is 0.232 e. The fourth-order valence-electron chi connectivity index (χ4n) is 3.22. The zero-order chi connectivity index (χ0) is 19.2. The molecule has 2 N–H and O–H groups in total. The first-order valence-electron chi connectivity index (χ1n) is 9.51. The van der Waals surface area contributed by atoms with Crippen LogP contribution in [0.5, 0.6) is 0 Å². The van der Waals surface area contributed by atoms with Gasteiger partial charge in [-0.2, -0.15) is 4.98 Å². The van der Waals surface area contributed by atoms with Crippen LogP contribution < -0.4 is 15.5 Å². The molecule has 0 aliphatic carbocycles. The van der Waals surface area contributed by atoms with Crippen molar-refractivity contribution < 1.29 is 4.74 Å². The number of rotatable bonds is 6. The van der Waals surface area contributed by atoms with E-state index in [9.17, 15) is 0 Å². The Morgan fingerprint density at radius 2 is 2.04 bits per heavy atom. The number of anilines is 2. The first kappa shape index (κ1) is 19.3. The summed E-state index contributed by atoms with van der Waals surface area (Å²) in [7, 11) is 0. The number of aromatic nitrogens is 4. The second kappa shape index (κ2) is 9.44. The van der Waals surface area contributed by atoms with Crippen LogP contribution in [0.15, 0.2) is 34.7 Å². The number of thiocarbonyl (C=S) groups is 1. The molecule has 28 heavy (non-hydrogen) atoms. The summed E-state index contributed by atoms with van der Waals surface area (Å²) in [5, 5.41) is 8.26. The third-order valence-corrected chi connectivity index (χ3v) is 5.65. The summed E-state index contributed by atoms with van der Waals surface area (Å²) in [6.07, 6.45) is 8.20. The summed E-state index contributed by atoms with van der Waals surface area (Å²) in [5.74, 6) is 1.38. The predicted octanol–water partition coefficient (Wildman–Crippen LogP) is 2.48. The maximum Gasteiger partial charge on any atom is 0.232 e. The summed E-state index contributed by atoms with van der Waals surface area (Å²) >= 11 is 6.83. The molecule has 10 heteroatoms. The van der Waals surface area contributed by atoms with Gasteiger partial charge in [0, 0.05) is 44.7 Å². The number of hydrogen-bond donors (Lipinski definition) is 2. The van der Waals surface area contributed by atoms with Gasteiger partial charge in [0.1, 0.15) is 10.8 Å². The number of nitrogens with zero attached hydrogens (tertiary/aromatic N) is 5. The van der Waals surface area contributed by atoms with Gasteiger partial charge in [0.15, 0.2) is 10.3 Å². The predicted molar refractivity (Wildman–Crippen MR) is 113 cm³/mol. The molecule has 2 fully saturated rings. The molecule has 0 radical (unpaired) electrons. The van der Waals surface area contributed by atoms with Gasteiger partial charge in [0.05, 0.1) is 6.10 Å². The molecule has 1 atom stereocenters. The lowest BCUT2D eigenvalue weighted by Gasteiger charge is -2.18. The highest BCUT2D eigenvalue weighted by molar-refractivity contribution is 7.99. The van der Waals surface area contributed by atoms with Crippen LogP contribution in [-0.2, 0) is 4.74 Å². The maximum absolute atomic E-state index is 5.62. The molecule has 0 unspecified atom stereocenters. The number of nitrogens with one attached hydrogen (secondary N) is 2. The molecule has 2 aliphatic heterocycles. The zero-order valence-corrected chi connectivity index (χ0v) is 17.1. The van der Waals surface area contributed by atoms with E-state index in [1.807, 2.05) is 6.07 Å². The molecule has 148 valence electrons. The van der Waals surface area contributed by atoms with E-state index in [-0.39, 0.29) is 6.10 Å².